The summed E-state index contributed by atoms with van der Waals surface area (Å²) >= 11 is 0. The smallest absolute Gasteiger partial charge is 0.443 e. The van der Waals surface area contributed by atoms with Crippen molar-refractivity contribution in [1.82, 2.24) is 19.9 Å². The van der Waals surface area contributed by atoms with Gasteiger partial charge in [0.1, 0.15) is 18.4 Å². The maximum absolute atomic E-state index is 13.4. The fraction of sp³-hybridized carbons (Fsp3) is 0.318. The van der Waals surface area contributed by atoms with E-state index in [2.05, 4.69) is 10.1 Å². The molecule has 0 fully saturated rings. The average Bonchev–Trinajstić information content (AvgIpc) is 3.30. The van der Waals surface area contributed by atoms with E-state index in [4.69, 9.17) is 9.47 Å². The summed E-state index contributed by atoms with van der Waals surface area (Å²) < 4.78 is 51.1. The molecule has 0 saturated heterocycles. The second-order valence-electron chi connectivity index (χ2n) is 8.03. The molecule has 0 aliphatic carbocycles. The van der Waals surface area contributed by atoms with Crippen molar-refractivity contribution in [1.29, 1.82) is 0 Å². The van der Waals surface area contributed by atoms with E-state index in [1.807, 2.05) is 42.5 Å². The second kappa shape index (κ2) is 9.71. The molecule has 0 saturated carbocycles. The van der Waals surface area contributed by atoms with E-state index in [0.29, 0.717) is 5.75 Å². The fourth-order valence-corrected chi connectivity index (χ4v) is 3.00. The van der Waals surface area contributed by atoms with Gasteiger partial charge in [0, 0.05) is 5.41 Å². The third-order valence-corrected chi connectivity index (χ3v) is 4.60. The van der Waals surface area contributed by atoms with Crippen LogP contribution in [0.1, 0.15) is 27.0 Å². The maximum atomic E-state index is 13.4. The van der Waals surface area contributed by atoms with E-state index in [-0.39, 0.29) is 0 Å². The lowest BCUT2D eigenvalue weighted by Gasteiger charge is -2.36. The first-order chi connectivity index (χ1) is 15.2. The zero-order valence-corrected chi connectivity index (χ0v) is 17.7. The Morgan fingerprint density at radius 1 is 1.03 bits per heavy atom. The lowest BCUT2D eigenvalue weighted by atomic mass is 9.87. The fourth-order valence-electron chi connectivity index (χ4n) is 3.00. The molecule has 0 bridgehead atoms. The van der Waals surface area contributed by atoms with Gasteiger partial charge in [-0.25, -0.2) is 14.5 Å². The number of carbonyl (C=O) groups excluding carboxylic acids is 1. The molecule has 0 radical (unpaired) electrons. The van der Waals surface area contributed by atoms with Crippen molar-refractivity contribution in [2.75, 3.05) is 0 Å². The topological polar surface area (TPSA) is 69.5 Å². The summed E-state index contributed by atoms with van der Waals surface area (Å²) in [5, 5.41) is 2.76. The highest BCUT2D eigenvalue weighted by molar-refractivity contribution is 5.66. The molecular formula is C22H23F3N4O3. The van der Waals surface area contributed by atoms with Crippen molar-refractivity contribution in [3.05, 3.63) is 67.3 Å². The molecule has 2 aromatic carbocycles. The summed E-state index contributed by atoms with van der Waals surface area (Å²) in [6, 6.07) is 16.8. The Morgan fingerprint density at radius 2 is 1.66 bits per heavy atom. The molecule has 10 heteroatoms. The van der Waals surface area contributed by atoms with Gasteiger partial charge >= 0.3 is 12.6 Å². The minimum atomic E-state index is -3.65. The van der Waals surface area contributed by atoms with Crippen molar-refractivity contribution in [2.45, 2.75) is 39.7 Å². The van der Waals surface area contributed by atoms with Crippen LogP contribution < -0.4 is 4.74 Å². The number of alkyl halides is 2. The van der Waals surface area contributed by atoms with Crippen LogP contribution in [-0.4, -0.2) is 38.6 Å². The number of hydrogen-bond acceptors (Lipinski definition) is 5. The maximum Gasteiger partial charge on any atom is 0.443 e. The van der Waals surface area contributed by atoms with Crippen molar-refractivity contribution in [3.63, 3.8) is 0 Å². The van der Waals surface area contributed by atoms with Gasteiger partial charge in [-0.1, -0.05) is 72.8 Å². The van der Waals surface area contributed by atoms with Crippen LogP contribution in [0.5, 0.6) is 5.75 Å². The van der Waals surface area contributed by atoms with Crippen LogP contribution in [0.15, 0.2) is 67.3 Å². The second-order valence-corrected chi connectivity index (χ2v) is 8.03. The Morgan fingerprint density at radius 3 is 2.19 bits per heavy atom. The van der Waals surface area contributed by atoms with Crippen molar-refractivity contribution in [3.8, 4) is 16.9 Å². The number of benzene rings is 2. The molecule has 0 N–H and O–H groups in total. The van der Waals surface area contributed by atoms with Crippen molar-refractivity contribution < 1.29 is 27.5 Å². The van der Waals surface area contributed by atoms with Gasteiger partial charge in [-0.3, -0.25) is 0 Å². The van der Waals surface area contributed by atoms with Gasteiger partial charge in [0.05, 0.1) is 0 Å². The van der Waals surface area contributed by atoms with Gasteiger partial charge in [0.25, 0.3) is 0 Å². The first-order valence-corrected chi connectivity index (χ1v) is 9.77. The predicted molar refractivity (Wildman–Crippen MR) is 110 cm³/mol. The van der Waals surface area contributed by atoms with E-state index in [1.165, 1.54) is 17.3 Å². The Labute approximate surface area is 183 Å². The van der Waals surface area contributed by atoms with Crippen LogP contribution >= 0.6 is 0 Å². The summed E-state index contributed by atoms with van der Waals surface area (Å²) in [4.78, 5) is 15.8. The molecule has 3 rings (SSSR count). The van der Waals surface area contributed by atoms with Crippen molar-refractivity contribution in [2.24, 2.45) is 5.41 Å². The molecule has 170 valence electrons. The zero-order chi connectivity index (χ0) is 23.3. The van der Waals surface area contributed by atoms with Gasteiger partial charge in [-0.2, -0.15) is 13.9 Å². The number of hydrogen-bond donors (Lipinski definition) is 0. The summed E-state index contributed by atoms with van der Waals surface area (Å²) in [5.74, 6) is 0.404. The molecule has 1 amide bonds. The number of ether oxygens (including phenoxy) is 2. The summed E-state index contributed by atoms with van der Waals surface area (Å²) in [6.07, 6.45) is -1.54. The lowest BCUT2D eigenvalue weighted by Crippen LogP contribution is -2.44. The molecule has 0 spiro atoms. The van der Waals surface area contributed by atoms with E-state index in [1.54, 1.807) is 32.9 Å². The average molecular weight is 448 g/mol. The van der Waals surface area contributed by atoms with Gasteiger partial charge in [-0.05, 0) is 23.3 Å². The minimum absolute atomic E-state index is 0.404. The SMILES string of the molecule is CC(C)(C)C(OC(=O)N(F)C(F)F)C(Oc1ccc(-c2ccccc2)cc1)n1cncn1. The Kier molecular flexibility index (Phi) is 7.01. The number of nitrogens with zero attached hydrogens (tertiary/aromatic N) is 4. The predicted octanol–water partition coefficient (Wildman–Crippen LogP) is 5.48. The summed E-state index contributed by atoms with van der Waals surface area (Å²) in [7, 11) is 0. The standard InChI is InChI=1S/C22H23F3N4O3/c1-22(2,3)18(32-21(30)29(25)20(23)24)19(28-14-26-13-27-28)31-17-11-9-16(10-12-17)15-7-5-4-6-8-15/h4-14,18-20H,1-3H3. The monoisotopic (exact) mass is 448 g/mol. The zero-order valence-electron chi connectivity index (χ0n) is 17.7. The number of halogens is 3. The first-order valence-electron chi connectivity index (χ1n) is 9.77. The molecule has 3 aromatic rings. The van der Waals surface area contributed by atoms with Gasteiger partial charge in [-0.15, -0.1) is 0 Å². The third kappa shape index (κ3) is 5.57. The van der Waals surface area contributed by atoms with E-state index in [9.17, 15) is 18.1 Å². The molecule has 7 nitrogen and oxygen atoms in total. The molecule has 32 heavy (non-hydrogen) atoms. The van der Waals surface area contributed by atoms with Crippen molar-refractivity contribution >= 4 is 6.09 Å². The number of amides is 1. The molecule has 1 aromatic heterocycles. The molecule has 2 atom stereocenters. The van der Waals surface area contributed by atoms with Gasteiger partial charge in [0.2, 0.25) is 6.23 Å². The first kappa shape index (κ1) is 23.1. The Bertz CT molecular complexity index is 994. The third-order valence-electron chi connectivity index (χ3n) is 4.60. The van der Waals surface area contributed by atoms with Crippen LogP contribution in [0.4, 0.5) is 18.1 Å². The lowest BCUT2D eigenvalue weighted by molar-refractivity contribution is -0.152. The number of carbonyl (C=O) groups is 1. The van der Waals surface area contributed by atoms with E-state index < -0.39 is 35.5 Å². The number of rotatable bonds is 7. The minimum Gasteiger partial charge on any atom is -0.465 e. The Balaban J connectivity index is 1.89. The highest BCUT2D eigenvalue weighted by Crippen LogP contribution is 2.34. The number of aromatic nitrogens is 3. The summed E-state index contributed by atoms with van der Waals surface area (Å²) in [5.41, 5.74) is 1.14. The van der Waals surface area contributed by atoms with E-state index >= 15 is 0 Å². The van der Waals surface area contributed by atoms with Crippen LogP contribution in [0.25, 0.3) is 11.1 Å². The van der Waals surface area contributed by atoms with Gasteiger partial charge in [0.15, 0.2) is 6.10 Å². The van der Waals surface area contributed by atoms with Crippen LogP contribution in [0.3, 0.4) is 0 Å². The largest absolute Gasteiger partial charge is 0.465 e. The molecule has 0 aliphatic rings. The molecular weight excluding hydrogens is 425 g/mol. The summed E-state index contributed by atoms with van der Waals surface area (Å²) in [6.45, 7) is 1.43. The molecule has 2 unspecified atom stereocenters. The van der Waals surface area contributed by atoms with Crippen LogP contribution in [-0.2, 0) is 4.74 Å². The van der Waals surface area contributed by atoms with Gasteiger partial charge < -0.3 is 9.47 Å². The quantitative estimate of drug-likeness (QED) is 0.354. The van der Waals surface area contributed by atoms with E-state index in [0.717, 1.165) is 11.1 Å². The highest BCUT2D eigenvalue weighted by atomic mass is 19.3. The highest BCUT2D eigenvalue weighted by Gasteiger charge is 2.41. The van der Waals surface area contributed by atoms with Crippen LogP contribution in [0.2, 0.25) is 0 Å². The molecule has 1 heterocycles. The van der Waals surface area contributed by atoms with Crippen LogP contribution in [0, 0.1) is 5.41 Å². The Hall–Kier alpha value is -3.56. The normalized spacial score (nSPS) is 13.5. The molecule has 0 aliphatic heterocycles.